The molecule has 1 unspecified atom stereocenters. The van der Waals surface area contributed by atoms with E-state index in [9.17, 15) is 4.79 Å². The van der Waals surface area contributed by atoms with Gasteiger partial charge in [-0.25, -0.2) is 4.98 Å². The molecule has 1 amide bonds. The van der Waals surface area contributed by atoms with Gasteiger partial charge in [0, 0.05) is 24.7 Å². The van der Waals surface area contributed by atoms with E-state index in [1.54, 1.807) is 21.7 Å². The Morgan fingerprint density at radius 1 is 1.50 bits per heavy atom. The highest BCUT2D eigenvalue weighted by atomic mass is 32.1. The summed E-state index contributed by atoms with van der Waals surface area (Å²) in [4.78, 5) is 18.5. The lowest BCUT2D eigenvalue weighted by Crippen LogP contribution is -2.39. The molecule has 1 aliphatic heterocycles. The molecule has 5 heteroatoms. The zero-order valence-electron chi connectivity index (χ0n) is 11.4. The first-order valence-electron chi connectivity index (χ1n) is 6.68. The van der Waals surface area contributed by atoms with Gasteiger partial charge in [-0.15, -0.1) is 11.3 Å². The van der Waals surface area contributed by atoms with Crippen molar-refractivity contribution < 1.29 is 4.79 Å². The highest BCUT2D eigenvalue weighted by molar-refractivity contribution is 7.07. The number of nitrogens with zero attached hydrogens (tertiary/aromatic N) is 2. The van der Waals surface area contributed by atoms with Crippen molar-refractivity contribution in [1.29, 1.82) is 0 Å². The van der Waals surface area contributed by atoms with Gasteiger partial charge in [0.1, 0.15) is 0 Å². The van der Waals surface area contributed by atoms with E-state index in [1.165, 1.54) is 5.56 Å². The molecule has 1 N–H and O–H groups in total. The maximum absolute atomic E-state index is 12.5. The predicted octanol–water partition coefficient (Wildman–Crippen LogP) is 2.39. The molecule has 0 saturated heterocycles. The first kappa shape index (κ1) is 13.1. The molecule has 0 aliphatic carbocycles. The molecule has 0 spiro atoms. The summed E-state index contributed by atoms with van der Waals surface area (Å²) < 4.78 is 0. The van der Waals surface area contributed by atoms with Crippen molar-refractivity contribution in [2.75, 3.05) is 18.9 Å². The summed E-state index contributed by atoms with van der Waals surface area (Å²) in [7, 11) is 1.85. The lowest BCUT2D eigenvalue weighted by molar-refractivity contribution is -0.134. The standard InChI is InChI=1S/C15H17N3OS/c1-18(8-13-9-20-10-17-13)15(19)12-6-11-4-2-3-5-14(11)16-7-12/h2-5,9-10,12,16H,6-8H2,1H3. The van der Waals surface area contributed by atoms with Gasteiger partial charge >= 0.3 is 0 Å². The normalized spacial score (nSPS) is 17.1. The summed E-state index contributed by atoms with van der Waals surface area (Å²) in [5.74, 6) is 0.188. The smallest absolute Gasteiger partial charge is 0.227 e. The van der Waals surface area contributed by atoms with Gasteiger partial charge in [-0.3, -0.25) is 4.79 Å². The number of thiazole rings is 1. The third kappa shape index (κ3) is 2.67. The number of carbonyl (C=O) groups excluding carboxylic acids is 1. The topological polar surface area (TPSA) is 45.2 Å². The van der Waals surface area contributed by atoms with Crippen LogP contribution in [0.1, 0.15) is 11.3 Å². The second-order valence-corrected chi connectivity index (χ2v) is 5.83. The number of carbonyl (C=O) groups is 1. The summed E-state index contributed by atoms with van der Waals surface area (Å²) in [6.07, 6.45) is 0.809. The molecule has 1 atom stereocenters. The Morgan fingerprint density at radius 2 is 2.35 bits per heavy atom. The quantitative estimate of drug-likeness (QED) is 0.943. The van der Waals surface area contributed by atoms with Gasteiger partial charge in [0.05, 0.1) is 23.7 Å². The molecule has 104 valence electrons. The number of fused-ring (bicyclic) bond motifs is 1. The van der Waals surface area contributed by atoms with E-state index in [2.05, 4.69) is 22.4 Å². The summed E-state index contributed by atoms with van der Waals surface area (Å²) in [5, 5.41) is 5.33. The molecular weight excluding hydrogens is 270 g/mol. The molecule has 0 fully saturated rings. The largest absolute Gasteiger partial charge is 0.384 e. The Kier molecular flexibility index (Phi) is 3.69. The average molecular weight is 287 g/mol. The van der Waals surface area contributed by atoms with Crippen LogP contribution in [-0.2, 0) is 17.8 Å². The van der Waals surface area contributed by atoms with Crippen molar-refractivity contribution in [3.8, 4) is 0 Å². The molecule has 1 aromatic carbocycles. The van der Waals surface area contributed by atoms with Gasteiger partial charge in [-0.1, -0.05) is 18.2 Å². The van der Waals surface area contributed by atoms with Crippen LogP contribution in [0.4, 0.5) is 5.69 Å². The number of para-hydroxylation sites is 1. The molecular formula is C15H17N3OS. The van der Waals surface area contributed by atoms with E-state index in [0.29, 0.717) is 13.1 Å². The molecule has 4 nitrogen and oxygen atoms in total. The number of nitrogens with one attached hydrogen (secondary N) is 1. The Balaban J connectivity index is 1.66. The van der Waals surface area contributed by atoms with Gasteiger partial charge < -0.3 is 10.2 Å². The molecule has 0 radical (unpaired) electrons. The average Bonchev–Trinajstić information content (AvgIpc) is 2.99. The fraction of sp³-hybridized carbons (Fsp3) is 0.333. The van der Waals surface area contributed by atoms with Gasteiger partial charge in [0.25, 0.3) is 0 Å². The maximum atomic E-state index is 12.5. The van der Waals surface area contributed by atoms with Crippen LogP contribution < -0.4 is 5.32 Å². The number of rotatable bonds is 3. The minimum Gasteiger partial charge on any atom is -0.384 e. The van der Waals surface area contributed by atoms with Crippen molar-refractivity contribution in [1.82, 2.24) is 9.88 Å². The minimum atomic E-state index is 0.00790. The molecule has 3 rings (SSSR count). The second-order valence-electron chi connectivity index (χ2n) is 5.11. The number of aromatic nitrogens is 1. The van der Waals surface area contributed by atoms with Gasteiger partial charge in [-0.2, -0.15) is 0 Å². The number of anilines is 1. The van der Waals surface area contributed by atoms with E-state index in [-0.39, 0.29) is 11.8 Å². The first-order valence-corrected chi connectivity index (χ1v) is 7.62. The van der Waals surface area contributed by atoms with Crippen LogP contribution >= 0.6 is 11.3 Å². The first-order chi connectivity index (χ1) is 9.74. The lowest BCUT2D eigenvalue weighted by atomic mass is 9.93. The van der Waals surface area contributed by atoms with Crippen LogP contribution in [0.2, 0.25) is 0 Å². The van der Waals surface area contributed by atoms with Gasteiger partial charge in [0.15, 0.2) is 0 Å². The molecule has 2 heterocycles. The molecule has 20 heavy (non-hydrogen) atoms. The maximum Gasteiger partial charge on any atom is 0.227 e. The summed E-state index contributed by atoms with van der Waals surface area (Å²) in [5.41, 5.74) is 5.12. The molecule has 0 saturated carbocycles. The van der Waals surface area contributed by atoms with E-state index in [4.69, 9.17) is 0 Å². The molecule has 1 aliphatic rings. The van der Waals surface area contributed by atoms with E-state index in [0.717, 1.165) is 17.8 Å². The van der Waals surface area contributed by atoms with E-state index < -0.39 is 0 Å². The van der Waals surface area contributed by atoms with Crippen molar-refractivity contribution in [3.63, 3.8) is 0 Å². The minimum absolute atomic E-state index is 0.00790. The van der Waals surface area contributed by atoms with E-state index >= 15 is 0 Å². The van der Waals surface area contributed by atoms with Crippen LogP contribution in [0, 0.1) is 5.92 Å². The number of benzene rings is 1. The fourth-order valence-corrected chi connectivity index (χ4v) is 3.11. The third-order valence-electron chi connectivity index (χ3n) is 3.63. The van der Waals surface area contributed by atoms with E-state index in [1.807, 2.05) is 24.6 Å². The SMILES string of the molecule is CN(Cc1cscn1)C(=O)C1CNc2ccccc2C1. The van der Waals surface area contributed by atoms with Crippen LogP contribution in [0.15, 0.2) is 35.2 Å². The summed E-state index contributed by atoms with van der Waals surface area (Å²) >= 11 is 1.56. The second kappa shape index (κ2) is 5.63. The van der Waals surface area contributed by atoms with Crippen molar-refractivity contribution >= 4 is 22.9 Å². The fourth-order valence-electron chi connectivity index (χ4n) is 2.56. The third-order valence-corrected chi connectivity index (χ3v) is 4.27. The predicted molar refractivity (Wildman–Crippen MR) is 80.7 cm³/mol. The van der Waals surface area contributed by atoms with Crippen LogP contribution in [0.5, 0.6) is 0 Å². The Labute approximate surface area is 122 Å². The van der Waals surface area contributed by atoms with Crippen LogP contribution in [-0.4, -0.2) is 29.4 Å². The number of hydrogen-bond donors (Lipinski definition) is 1. The van der Waals surface area contributed by atoms with Gasteiger partial charge in [-0.05, 0) is 18.1 Å². The Hall–Kier alpha value is -1.88. The molecule has 1 aromatic heterocycles. The highest BCUT2D eigenvalue weighted by Gasteiger charge is 2.26. The van der Waals surface area contributed by atoms with Gasteiger partial charge in [0.2, 0.25) is 5.91 Å². The highest BCUT2D eigenvalue weighted by Crippen LogP contribution is 2.25. The summed E-state index contributed by atoms with van der Waals surface area (Å²) in [6.45, 7) is 1.29. The number of amides is 1. The zero-order valence-corrected chi connectivity index (χ0v) is 12.2. The van der Waals surface area contributed by atoms with Crippen LogP contribution in [0.25, 0.3) is 0 Å². The van der Waals surface area contributed by atoms with Crippen LogP contribution in [0.3, 0.4) is 0 Å². The zero-order chi connectivity index (χ0) is 13.9. The molecule has 0 bridgehead atoms. The number of hydrogen-bond acceptors (Lipinski definition) is 4. The van der Waals surface area contributed by atoms with Crippen molar-refractivity contribution in [2.24, 2.45) is 5.92 Å². The molecule has 2 aromatic rings. The Bertz CT molecular complexity index is 597. The van der Waals surface area contributed by atoms with Crippen molar-refractivity contribution in [2.45, 2.75) is 13.0 Å². The van der Waals surface area contributed by atoms with Crippen molar-refractivity contribution in [3.05, 3.63) is 46.4 Å². The monoisotopic (exact) mass is 287 g/mol. The lowest BCUT2D eigenvalue weighted by Gasteiger charge is -2.28. The summed E-state index contributed by atoms with van der Waals surface area (Å²) in [6, 6.07) is 8.19. The Morgan fingerprint density at radius 3 is 3.15 bits per heavy atom.